The molecule has 0 atom stereocenters. The average molecular weight is 170 g/mol. The zero-order valence-electron chi connectivity index (χ0n) is 8.47. The first-order valence-electron chi connectivity index (χ1n) is 5.27. The van der Waals surface area contributed by atoms with Gasteiger partial charge < -0.3 is 5.32 Å². The first kappa shape index (κ1) is 10.0. The zero-order valence-corrected chi connectivity index (χ0v) is 8.47. The predicted molar refractivity (Wildman–Crippen MR) is 53.4 cm³/mol. The maximum atomic E-state index is 3.22. The lowest BCUT2D eigenvalue weighted by molar-refractivity contribution is 0.261. The van der Waals surface area contributed by atoms with Crippen molar-refractivity contribution in [3.8, 4) is 0 Å². The highest BCUT2D eigenvalue weighted by molar-refractivity contribution is 4.84. The summed E-state index contributed by atoms with van der Waals surface area (Å²) in [6, 6.07) is 0.935. The molecule has 0 radical (unpaired) electrons. The van der Waals surface area contributed by atoms with Crippen LogP contribution in [0, 0.1) is 0 Å². The van der Waals surface area contributed by atoms with Crippen molar-refractivity contribution in [2.75, 3.05) is 26.7 Å². The molecule has 0 bridgehead atoms. The van der Waals surface area contributed by atoms with Gasteiger partial charge in [0.1, 0.15) is 0 Å². The minimum Gasteiger partial charge on any atom is -0.318 e. The number of nitrogens with one attached hydrogen (secondary N) is 1. The molecule has 0 unspecified atom stereocenters. The van der Waals surface area contributed by atoms with Gasteiger partial charge in [0.15, 0.2) is 0 Å². The van der Waals surface area contributed by atoms with Crippen molar-refractivity contribution in [3.05, 3.63) is 0 Å². The number of hydrogen-bond donors (Lipinski definition) is 1. The monoisotopic (exact) mass is 170 g/mol. The summed E-state index contributed by atoms with van der Waals surface area (Å²) < 4.78 is 0. The summed E-state index contributed by atoms with van der Waals surface area (Å²) >= 11 is 0. The van der Waals surface area contributed by atoms with Gasteiger partial charge in [0.2, 0.25) is 0 Å². The zero-order chi connectivity index (χ0) is 8.81. The fraction of sp³-hybridized carbons (Fsp3) is 1.00. The summed E-state index contributed by atoms with van der Waals surface area (Å²) in [7, 11) is 2.03. The van der Waals surface area contributed by atoms with Gasteiger partial charge in [-0.15, -0.1) is 0 Å². The van der Waals surface area contributed by atoms with E-state index in [2.05, 4.69) is 17.1 Å². The second kappa shape index (κ2) is 5.55. The Balaban J connectivity index is 2.09. The second-order valence-corrected chi connectivity index (χ2v) is 3.72. The summed E-state index contributed by atoms with van der Waals surface area (Å²) in [5.74, 6) is 0. The van der Waals surface area contributed by atoms with Crippen LogP contribution in [0.1, 0.15) is 32.6 Å². The minimum absolute atomic E-state index is 0.935. The van der Waals surface area contributed by atoms with Crippen molar-refractivity contribution in [1.29, 1.82) is 0 Å². The van der Waals surface area contributed by atoms with Gasteiger partial charge in [-0.05, 0) is 32.9 Å². The van der Waals surface area contributed by atoms with Crippen molar-refractivity contribution in [2.24, 2.45) is 0 Å². The molecule has 1 N–H and O–H groups in total. The van der Waals surface area contributed by atoms with Crippen molar-refractivity contribution >= 4 is 0 Å². The Morgan fingerprint density at radius 3 is 2.58 bits per heavy atom. The Labute approximate surface area is 76.3 Å². The molecule has 0 heterocycles. The van der Waals surface area contributed by atoms with Crippen molar-refractivity contribution < 1.29 is 0 Å². The Kier molecular flexibility index (Phi) is 4.62. The number of hydrogen-bond acceptors (Lipinski definition) is 2. The molecule has 1 aliphatic carbocycles. The lowest BCUT2D eigenvalue weighted by atomic mass is 10.3. The van der Waals surface area contributed by atoms with Crippen LogP contribution in [0.3, 0.4) is 0 Å². The third-order valence-corrected chi connectivity index (χ3v) is 2.51. The van der Waals surface area contributed by atoms with Crippen LogP contribution in [0.2, 0.25) is 0 Å². The van der Waals surface area contributed by atoms with Crippen LogP contribution in [0.15, 0.2) is 0 Å². The summed E-state index contributed by atoms with van der Waals surface area (Å²) in [5, 5.41) is 3.22. The van der Waals surface area contributed by atoms with E-state index in [1.165, 1.54) is 38.8 Å². The molecule has 1 aliphatic rings. The van der Waals surface area contributed by atoms with E-state index in [1.54, 1.807) is 0 Å². The lowest BCUT2D eigenvalue weighted by Gasteiger charge is -2.21. The van der Waals surface area contributed by atoms with Gasteiger partial charge in [-0.25, -0.2) is 0 Å². The van der Waals surface area contributed by atoms with Crippen molar-refractivity contribution in [3.63, 3.8) is 0 Å². The molecule has 0 aromatic heterocycles. The molecule has 0 aliphatic heterocycles. The normalized spacial score (nSPS) is 17.2. The van der Waals surface area contributed by atoms with E-state index in [4.69, 9.17) is 0 Å². The molecule has 1 fully saturated rings. The van der Waals surface area contributed by atoms with Crippen LogP contribution >= 0.6 is 0 Å². The Morgan fingerprint density at radius 2 is 2.08 bits per heavy atom. The standard InChI is InChI=1S/C10H22N2/c1-3-4-8-12(9-7-11-2)10-5-6-10/h10-11H,3-9H2,1-2H3. The van der Waals surface area contributed by atoms with Crippen LogP contribution in [0.4, 0.5) is 0 Å². The SMILES string of the molecule is CCCCN(CCNC)C1CC1. The van der Waals surface area contributed by atoms with Crippen molar-refractivity contribution in [2.45, 2.75) is 38.6 Å². The number of rotatable bonds is 7. The lowest BCUT2D eigenvalue weighted by Crippen LogP contribution is -2.33. The van der Waals surface area contributed by atoms with E-state index < -0.39 is 0 Å². The molecule has 0 aromatic carbocycles. The van der Waals surface area contributed by atoms with Crippen LogP contribution in [0.5, 0.6) is 0 Å². The van der Waals surface area contributed by atoms with Gasteiger partial charge in [-0.2, -0.15) is 0 Å². The molecule has 2 heteroatoms. The van der Waals surface area contributed by atoms with Crippen LogP contribution in [-0.2, 0) is 0 Å². The summed E-state index contributed by atoms with van der Waals surface area (Å²) in [5.41, 5.74) is 0. The molecule has 0 amide bonds. The topological polar surface area (TPSA) is 15.3 Å². The molecule has 1 saturated carbocycles. The van der Waals surface area contributed by atoms with E-state index >= 15 is 0 Å². The number of unbranched alkanes of at least 4 members (excludes halogenated alkanes) is 1. The fourth-order valence-electron chi connectivity index (χ4n) is 1.53. The summed E-state index contributed by atoms with van der Waals surface area (Å²) in [4.78, 5) is 2.64. The Bertz CT molecular complexity index is 102. The highest BCUT2D eigenvalue weighted by atomic mass is 15.2. The molecule has 1 rings (SSSR count). The minimum atomic E-state index is 0.935. The summed E-state index contributed by atoms with van der Waals surface area (Å²) in [6.45, 7) is 5.95. The van der Waals surface area contributed by atoms with Crippen LogP contribution in [0.25, 0.3) is 0 Å². The van der Waals surface area contributed by atoms with Gasteiger partial charge in [-0.3, -0.25) is 4.90 Å². The molecular weight excluding hydrogens is 148 g/mol. The molecule has 72 valence electrons. The molecule has 0 spiro atoms. The fourth-order valence-corrected chi connectivity index (χ4v) is 1.53. The number of nitrogens with zero attached hydrogens (tertiary/aromatic N) is 1. The molecular formula is C10H22N2. The Morgan fingerprint density at radius 1 is 1.33 bits per heavy atom. The van der Waals surface area contributed by atoms with Gasteiger partial charge in [0.25, 0.3) is 0 Å². The first-order chi connectivity index (χ1) is 5.88. The van der Waals surface area contributed by atoms with Gasteiger partial charge in [0.05, 0.1) is 0 Å². The van der Waals surface area contributed by atoms with Gasteiger partial charge in [0, 0.05) is 19.1 Å². The third-order valence-electron chi connectivity index (χ3n) is 2.51. The highest BCUT2D eigenvalue weighted by Crippen LogP contribution is 2.26. The maximum Gasteiger partial charge on any atom is 0.0110 e. The Hall–Kier alpha value is -0.0800. The van der Waals surface area contributed by atoms with Gasteiger partial charge >= 0.3 is 0 Å². The van der Waals surface area contributed by atoms with Crippen LogP contribution < -0.4 is 5.32 Å². The van der Waals surface area contributed by atoms with E-state index in [0.29, 0.717) is 0 Å². The molecule has 12 heavy (non-hydrogen) atoms. The van der Waals surface area contributed by atoms with E-state index in [1.807, 2.05) is 7.05 Å². The predicted octanol–water partition coefficient (Wildman–Crippen LogP) is 1.47. The quantitative estimate of drug-likeness (QED) is 0.622. The molecule has 2 nitrogen and oxygen atoms in total. The molecule has 0 aromatic rings. The maximum absolute atomic E-state index is 3.22. The van der Waals surface area contributed by atoms with E-state index in [9.17, 15) is 0 Å². The van der Waals surface area contributed by atoms with E-state index in [0.717, 1.165) is 12.6 Å². The summed E-state index contributed by atoms with van der Waals surface area (Å²) in [6.07, 6.45) is 5.56. The van der Waals surface area contributed by atoms with E-state index in [-0.39, 0.29) is 0 Å². The highest BCUT2D eigenvalue weighted by Gasteiger charge is 2.27. The first-order valence-corrected chi connectivity index (χ1v) is 5.27. The smallest absolute Gasteiger partial charge is 0.0110 e. The second-order valence-electron chi connectivity index (χ2n) is 3.72. The van der Waals surface area contributed by atoms with Gasteiger partial charge in [-0.1, -0.05) is 13.3 Å². The average Bonchev–Trinajstić information content (AvgIpc) is 2.88. The number of likely N-dealkylation sites (N-methyl/N-ethyl adjacent to an activating group) is 1. The largest absolute Gasteiger partial charge is 0.318 e. The molecule has 0 saturated heterocycles. The van der Waals surface area contributed by atoms with Crippen LogP contribution in [-0.4, -0.2) is 37.6 Å². The third kappa shape index (κ3) is 3.55. The van der Waals surface area contributed by atoms with Crippen molar-refractivity contribution in [1.82, 2.24) is 10.2 Å².